The highest BCUT2D eigenvalue weighted by Crippen LogP contribution is 2.32. The van der Waals surface area contributed by atoms with Crippen LogP contribution in [0.2, 0.25) is 0 Å². The second-order valence-electron chi connectivity index (χ2n) is 13.3. The minimum absolute atomic E-state index is 0.881. The van der Waals surface area contributed by atoms with Gasteiger partial charge < -0.3 is 24.6 Å². The van der Waals surface area contributed by atoms with Crippen LogP contribution < -0.4 is 0 Å². The number of hydrogen-bond acceptors (Lipinski definition) is 7. The van der Waals surface area contributed by atoms with Crippen LogP contribution in [0.3, 0.4) is 0 Å². The molecule has 0 spiro atoms. The highest BCUT2D eigenvalue weighted by Gasteiger charge is 2.14. The number of aromatic nitrogens is 2. The topological polar surface area (TPSA) is 66.4 Å². The van der Waals surface area contributed by atoms with Gasteiger partial charge in [-0.3, -0.25) is 9.98 Å². The Balaban J connectivity index is 1.00. The van der Waals surface area contributed by atoms with E-state index in [0.717, 1.165) is 59.3 Å². The van der Waals surface area contributed by atoms with Crippen LogP contribution in [-0.4, -0.2) is 135 Å². The van der Waals surface area contributed by atoms with E-state index in [1.54, 1.807) is 0 Å². The zero-order valence-corrected chi connectivity index (χ0v) is 28.4. The normalized spacial score (nSPS) is 17.5. The number of likely N-dealkylation sites (N-methyl/N-ethyl adjacent to an activating group) is 2. The van der Waals surface area contributed by atoms with Crippen LogP contribution in [0, 0.1) is 0 Å². The Kier molecular flexibility index (Phi) is 12.0. The van der Waals surface area contributed by atoms with E-state index in [1.165, 1.54) is 89.4 Å². The van der Waals surface area contributed by atoms with E-state index in [0.29, 0.717) is 0 Å². The van der Waals surface area contributed by atoms with Crippen molar-refractivity contribution in [3.63, 3.8) is 0 Å². The summed E-state index contributed by atoms with van der Waals surface area (Å²) in [6.45, 7) is 13.7. The third kappa shape index (κ3) is 9.67. The van der Waals surface area contributed by atoms with Crippen molar-refractivity contribution in [2.75, 3.05) is 92.6 Å². The van der Waals surface area contributed by atoms with Gasteiger partial charge in [-0.15, -0.1) is 0 Å². The SMILES string of the molecule is CN1CCN(CCCC/N=C\c2ccc(-c3cc(-c4ccc(/C=N/CCCCN5CCN(C)CC5)cc4)nc4[nH]ccc34)cc2)CC1. The van der Waals surface area contributed by atoms with Crippen LogP contribution in [0.1, 0.15) is 36.8 Å². The molecule has 2 fully saturated rings. The molecule has 0 radical (unpaired) electrons. The molecule has 8 heteroatoms. The zero-order chi connectivity index (χ0) is 32.3. The van der Waals surface area contributed by atoms with Gasteiger partial charge in [-0.1, -0.05) is 48.5 Å². The first-order chi connectivity index (χ1) is 23.1. The number of piperazine rings is 2. The van der Waals surface area contributed by atoms with Crippen LogP contribution in [0.4, 0.5) is 0 Å². The van der Waals surface area contributed by atoms with Crippen LogP contribution in [0.25, 0.3) is 33.4 Å². The molecule has 47 heavy (non-hydrogen) atoms. The number of hydrogen-bond donors (Lipinski definition) is 1. The van der Waals surface area contributed by atoms with Crippen molar-refractivity contribution in [3.8, 4) is 22.4 Å². The van der Waals surface area contributed by atoms with Crippen molar-refractivity contribution in [1.29, 1.82) is 0 Å². The smallest absolute Gasteiger partial charge is 0.138 e. The molecule has 4 aromatic rings. The monoisotopic (exact) mass is 632 g/mol. The van der Waals surface area contributed by atoms with Gasteiger partial charge in [0.2, 0.25) is 0 Å². The standard InChI is InChI=1S/C39H52N8/c1-44-21-25-46(26-22-44)19-5-3-16-40-30-32-7-11-34(12-8-32)37-29-38(43-39-36(37)15-18-42-39)35-13-9-33(10-14-35)31-41-17-4-6-20-47-27-23-45(2)24-28-47/h7-15,18,29-31H,3-6,16-17,19-28H2,1-2H3,(H,42,43)/b40-30-,41-31+. The fraction of sp³-hybridized carbons (Fsp3) is 0.462. The fourth-order valence-electron chi connectivity index (χ4n) is 6.47. The molecule has 2 aromatic carbocycles. The second-order valence-corrected chi connectivity index (χ2v) is 13.3. The Morgan fingerprint density at radius 3 is 1.68 bits per heavy atom. The summed E-state index contributed by atoms with van der Waals surface area (Å²) in [7, 11) is 4.42. The van der Waals surface area contributed by atoms with E-state index < -0.39 is 0 Å². The minimum Gasteiger partial charge on any atom is -0.346 e. The highest BCUT2D eigenvalue weighted by atomic mass is 15.2. The van der Waals surface area contributed by atoms with Crippen molar-refractivity contribution < 1.29 is 0 Å². The maximum absolute atomic E-state index is 4.95. The van der Waals surface area contributed by atoms with E-state index in [-0.39, 0.29) is 0 Å². The van der Waals surface area contributed by atoms with Crippen LogP contribution >= 0.6 is 0 Å². The maximum atomic E-state index is 4.95. The van der Waals surface area contributed by atoms with Gasteiger partial charge in [-0.25, -0.2) is 4.98 Å². The van der Waals surface area contributed by atoms with Gasteiger partial charge >= 0.3 is 0 Å². The lowest BCUT2D eigenvalue weighted by atomic mass is 9.99. The van der Waals surface area contributed by atoms with Crippen molar-refractivity contribution in [2.45, 2.75) is 25.7 Å². The first-order valence-electron chi connectivity index (χ1n) is 17.6. The van der Waals surface area contributed by atoms with E-state index in [1.807, 2.05) is 18.6 Å². The molecule has 2 aliphatic rings. The number of pyridine rings is 1. The Morgan fingerprint density at radius 1 is 0.638 bits per heavy atom. The van der Waals surface area contributed by atoms with Crippen LogP contribution in [0.15, 0.2) is 76.8 Å². The van der Waals surface area contributed by atoms with Gasteiger partial charge in [0.15, 0.2) is 0 Å². The molecule has 2 aliphatic heterocycles. The Morgan fingerprint density at radius 2 is 1.15 bits per heavy atom. The number of unbranched alkanes of at least 4 members (excludes halogenated alkanes) is 2. The third-order valence-corrected chi connectivity index (χ3v) is 9.65. The number of rotatable bonds is 14. The van der Waals surface area contributed by atoms with Crippen LogP contribution in [0.5, 0.6) is 0 Å². The first kappa shape index (κ1) is 33.2. The quantitative estimate of drug-likeness (QED) is 0.141. The molecule has 248 valence electrons. The number of benzene rings is 2. The molecule has 0 aliphatic carbocycles. The molecule has 1 N–H and O–H groups in total. The summed E-state index contributed by atoms with van der Waals surface area (Å²) in [5, 5.41) is 1.13. The number of nitrogens with zero attached hydrogens (tertiary/aromatic N) is 7. The lowest BCUT2D eigenvalue weighted by Crippen LogP contribution is -2.44. The fourth-order valence-corrected chi connectivity index (χ4v) is 6.47. The lowest BCUT2D eigenvalue weighted by molar-refractivity contribution is 0.152. The summed E-state index contributed by atoms with van der Waals surface area (Å²) in [6, 6.07) is 21.7. The third-order valence-electron chi connectivity index (χ3n) is 9.65. The molecule has 0 saturated carbocycles. The lowest BCUT2D eigenvalue weighted by Gasteiger charge is -2.32. The van der Waals surface area contributed by atoms with E-state index in [4.69, 9.17) is 15.0 Å². The number of H-pyrrole nitrogens is 1. The zero-order valence-electron chi connectivity index (χ0n) is 28.4. The number of aliphatic imine (C=N–C) groups is 2. The van der Waals surface area contributed by atoms with Gasteiger partial charge in [0, 0.05) is 95.0 Å². The summed E-state index contributed by atoms with van der Waals surface area (Å²) in [6.07, 6.45) is 10.7. The average Bonchev–Trinajstić information content (AvgIpc) is 3.59. The average molecular weight is 633 g/mol. The highest BCUT2D eigenvalue weighted by molar-refractivity contribution is 5.96. The Bertz CT molecular complexity index is 1570. The van der Waals surface area contributed by atoms with Gasteiger partial charge in [0.05, 0.1) is 5.69 Å². The van der Waals surface area contributed by atoms with Crippen molar-refractivity contribution in [2.24, 2.45) is 9.98 Å². The summed E-state index contributed by atoms with van der Waals surface area (Å²) >= 11 is 0. The molecule has 8 nitrogen and oxygen atoms in total. The maximum Gasteiger partial charge on any atom is 0.138 e. The second kappa shape index (κ2) is 16.9. The van der Waals surface area contributed by atoms with Crippen molar-refractivity contribution in [3.05, 3.63) is 78.0 Å². The van der Waals surface area contributed by atoms with Gasteiger partial charge in [-0.2, -0.15) is 0 Å². The Labute approximate surface area is 281 Å². The Hall–Kier alpha value is -3.69. The number of aromatic amines is 1. The molecule has 2 saturated heterocycles. The largest absolute Gasteiger partial charge is 0.346 e. The summed E-state index contributed by atoms with van der Waals surface area (Å²) in [4.78, 5) is 27.7. The molecule has 2 aromatic heterocycles. The minimum atomic E-state index is 0.881. The van der Waals surface area contributed by atoms with Gasteiger partial charge in [0.25, 0.3) is 0 Å². The molecular weight excluding hydrogens is 580 g/mol. The van der Waals surface area contributed by atoms with Crippen LogP contribution in [-0.2, 0) is 0 Å². The summed E-state index contributed by atoms with van der Waals surface area (Å²) in [5.41, 5.74) is 7.59. The molecule has 0 atom stereocenters. The molecule has 6 rings (SSSR count). The first-order valence-corrected chi connectivity index (χ1v) is 17.6. The number of nitrogens with one attached hydrogen (secondary N) is 1. The van der Waals surface area contributed by atoms with Gasteiger partial charge in [0.1, 0.15) is 5.65 Å². The van der Waals surface area contributed by atoms with E-state index in [9.17, 15) is 0 Å². The molecular formula is C39H52N8. The summed E-state index contributed by atoms with van der Waals surface area (Å²) in [5.74, 6) is 0. The van der Waals surface area contributed by atoms with E-state index >= 15 is 0 Å². The van der Waals surface area contributed by atoms with Crippen molar-refractivity contribution >= 4 is 23.5 Å². The van der Waals surface area contributed by atoms with Crippen molar-refractivity contribution in [1.82, 2.24) is 29.6 Å². The molecule has 4 heterocycles. The number of fused-ring (bicyclic) bond motifs is 1. The predicted octanol–water partition coefficient (Wildman–Crippen LogP) is 5.79. The summed E-state index contributed by atoms with van der Waals surface area (Å²) < 4.78 is 0. The van der Waals surface area contributed by atoms with Gasteiger partial charge in [-0.05, 0) is 87.3 Å². The van der Waals surface area contributed by atoms with E-state index in [2.05, 4.69) is 99.3 Å². The molecule has 0 bridgehead atoms. The molecule has 0 amide bonds. The predicted molar refractivity (Wildman–Crippen MR) is 198 cm³/mol. The molecule has 0 unspecified atom stereocenters.